The van der Waals surface area contributed by atoms with Gasteiger partial charge in [-0.3, -0.25) is 0 Å². The molecule has 0 aliphatic rings. The Morgan fingerprint density at radius 3 is 2.44 bits per heavy atom. The molecular formula is C15H20O3. The van der Waals surface area contributed by atoms with Gasteiger partial charge in [0, 0.05) is 12.0 Å². The van der Waals surface area contributed by atoms with E-state index >= 15 is 0 Å². The highest BCUT2D eigenvalue weighted by molar-refractivity contribution is 5.88. The van der Waals surface area contributed by atoms with E-state index in [0.717, 1.165) is 11.3 Å². The Morgan fingerprint density at radius 1 is 1.28 bits per heavy atom. The molecule has 0 heterocycles. The minimum absolute atomic E-state index is 0.367. The van der Waals surface area contributed by atoms with E-state index in [1.807, 2.05) is 45.0 Å². The first-order valence-electron chi connectivity index (χ1n) is 5.86. The van der Waals surface area contributed by atoms with Gasteiger partial charge in [-0.1, -0.05) is 24.8 Å². The highest BCUT2D eigenvalue weighted by Crippen LogP contribution is 2.21. The van der Waals surface area contributed by atoms with Crippen LogP contribution in [0.3, 0.4) is 0 Å². The van der Waals surface area contributed by atoms with E-state index in [9.17, 15) is 4.79 Å². The summed E-state index contributed by atoms with van der Waals surface area (Å²) in [4.78, 5) is 11.8. The van der Waals surface area contributed by atoms with Crippen molar-refractivity contribution in [3.8, 4) is 5.75 Å². The molecule has 3 heteroatoms. The van der Waals surface area contributed by atoms with Crippen LogP contribution in [-0.4, -0.2) is 18.7 Å². The summed E-state index contributed by atoms with van der Waals surface area (Å²) in [5.41, 5.74) is 0.853. The maximum Gasteiger partial charge on any atom is 0.334 e. The Morgan fingerprint density at radius 2 is 1.89 bits per heavy atom. The number of carbonyl (C=O) groups excluding carboxylic acids is 1. The van der Waals surface area contributed by atoms with Crippen LogP contribution in [-0.2, 0) is 16.0 Å². The lowest BCUT2D eigenvalue weighted by atomic mass is 10.1. The van der Waals surface area contributed by atoms with Gasteiger partial charge in [0.15, 0.2) is 0 Å². The number of esters is 1. The number of methoxy groups -OCH3 is 1. The minimum atomic E-state index is -0.499. The third-order valence-electron chi connectivity index (χ3n) is 2.28. The van der Waals surface area contributed by atoms with Crippen LogP contribution in [0, 0.1) is 0 Å². The van der Waals surface area contributed by atoms with E-state index in [2.05, 4.69) is 6.58 Å². The van der Waals surface area contributed by atoms with Gasteiger partial charge in [0.2, 0.25) is 0 Å². The van der Waals surface area contributed by atoms with E-state index < -0.39 is 5.60 Å². The molecular weight excluding hydrogens is 228 g/mol. The van der Waals surface area contributed by atoms with Crippen molar-refractivity contribution in [1.82, 2.24) is 0 Å². The molecule has 0 aliphatic heterocycles. The van der Waals surface area contributed by atoms with Crippen LogP contribution < -0.4 is 4.74 Å². The van der Waals surface area contributed by atoms with Gasteiger partial charge in [-0.05, 0) is 32.4 Å². The molecule has 0 N–H and O–H groups in total. The second kappa shape index (κ2) is 5.71. The van der Waals surface area contributed by atoms with Crippen molar-refractivity contribution in [2.24, 2.45) is 0 Å². The highest BCUT2D eigenvalue weighted by Gasteiger charge is 2.19. The first-order valence-corrected chi connectivity index (χ1v) is 5.86. The standard InChI is InChI=1S/C15H20O3/c1-11(14(16)18-15(2,3)4)10-12-8-6-7-9-13(12)17-5/h6-9H,1,10H2,2-5H3. The maximum absolute atomic E-state index is 11.8. The summed E-state index contributed by atoms with van der Waals surface area (Å²) >= 11 is 0. The number of para-hydroxylation sites is 1. The fourth-order valence-corrected chi connectivity index (χ4v) is 1.50. The lowest BCUT2D eigenvalue weighted by molar-refractivity contribution is -0.149. The number of hydrogen-bond donors (Lipinski definition) is 0. The molecule has 0 spiro atoms. The Kier molecular flexibility index (Phi) is 4.54. The van der Waals surface area contributed by atoms with Gasteiger partial charge in [-0.15, -0.1) is 0 Å². The predicted molar refractivity (Wildman–Crippen MR) is 71.7 cm³/mol. The fourth-order valence-electron chi connectivity index (χ4n) is 1.50. The molecule has 0 amide bonds. The minimum Gasteiger partial charge on any atom is -0.496 e. The Hall–Kier alpha value is -1.77. The van der Waals surface area contributed by atoms with E-state index in [0.29, 0.717) is 12.0 Å². The molecule has 1 rings (SSSR count). The van der Waals surface area contributed by atoms with Crippen LogP contribution in [0.15, 0.2) is 36.4 Å². The Balaban J connectivity index is 2.73. The molecule has 0 aromatic heterocycles. The normalized spacial score (nSPS) is 10.9. The van der Waals surface area contributed by atoms with E-state index in [1.54, 1.807) is 7.11 Å². The third-order valence-corrected chi connectivity index (χ3v) is 2.28. The summed E-state index contributed by atoms with van der Waals surface area (Å²) in [5.74, 6) is 0.385. The SMILES string of the molecule is C=C(Cc1ccccc1OC)C(=O)OC(C)(C)C. The second-order valence-corrected chi connectivity index (χ2v) is 5.09. The van der Waals surface area contributed by atoms with Crippen molar-refractivity contribution in [3.63, 3.8) is 0 Å². The summed E-state index contributed by atoms with van der Waals surface area (Å²) in [6.07, 6.45) is 0.429. The van der Waals surface area contributed by atoms with Gasteiger partial charge in [-0.25, -0.2) is 4.79 Å². The van der Waals surface area contributed by atoms with Gasteiger partial charge < -0.3 is 9.47 Å². The van der Waals surface area contributed by atoms with Crippen LogP contribution in [0.4, 0.5) is 0 Å². The van der Waals surface area contributed by atoms with Gasteiger partial charge >= 0.3 is 5.97 Å². The molecule has 0 aliphatic carbocycles. The molecule has 98 valence electrons. The molecule has 0 bridgehead atoms. The van der Waals surface area contributed by atoms with Crippen LogP contribution >= 0.6 is 0 Å². The molecule has 0 fully saturated rings. The van der Waals surface area contributed by atoms with Gasteiger partial charge in [0.25, 0.3) is 0 Å². The van der Waals surface area contributed by atoms with Crippen molar-refractivity contribution in [3.05, 3.63) is 42.0 Å². The first kappa shape index (κ1) is 14.3. The quantitative estimate of drug-likeness (QED) is 0.606. The monoisotopic (exact) mass is 248 g/mol. The first-order chi connectivity index (χ1) is 8.33. The zero-order valence-electron chi connectivity index (χ0n) is 11.4. The lowest BCUT2D eigenvalue weighted by Crippen LogP contribution is -2.25. The number of carbonyl (C=O) groups is 1. The smallest absolute Gasteiger partial charge is 0.334 e. The van der Waals surface area contributed by atoms with Crippen molar-refractivity contribution < 1.29 is 14.3 Å². The molecule has 3 nitrogen and oxygen atoms in total. The molecule has 0 radical (unpaired) electrons. The summed E-state index contributed by atoms with van der Waals surface area (Å²) < 4.78 is 10.5. The van der Waals surface area contributed by atoms with Crippen LogP contribution in [0.5, 0.6) is 5.75 Å². The zero-order valence-corrected chi connectivity index (χ0v) is 11.4. The van der Waals surface area contributed by atoms with Gasteiger partial charge in [0.05, 0.1) is 7.11 Å². The third kappa shape index (κ3) is 4.24. The summed E-state index contributed by atoms with van der Waals surface area (Å²) in [7, 11) is 1.61. The van der Waals surface area contributed by atoms with E-state index in [1.165, 1.54) is 0 Å². The number of hydrogen-bond acceptors (Lipinski definition) is 3. The summed E-state index contributed by atoms with van der Waals surface area (Å²) in [6.45, 7) is 9.28. The summed E-state index contributed by atoms with van der Waals surface area (Å²) in [5, 5.41) is 0. The number of benzene rings is 1. The van der Waals surface area contributed by atoms with Crippen LogP contribution in [0.25, 0.3) is 0 Å². The molecule has 0 atom stereocenters. The molecule has 1 aromatic rings. The van der Waals surface area contributed by atoms with E-state index in [-0.39, 0.29) is 5.97 Å². The maximum atomic E-state index is 11.8. The van der Waals surface area contributed by atoms with E-state index in [4.69, 9.17) is 9.47 Å². The average molecular weight is 248 g/mol. The molecule has 0 saturated carbocycles. The molecule has 0 saturated heterocycles. The number of ether oxygens (including phenoxy) is 2. The number of rotatable bonds is 4. The van der Waals surface area contributed by atoms with Gasteiger partial charge in [0.1, 0.15) is 11.4 Å². The summed E-state index contributed by atoms with van der Waals surface area (Å²) in [6, 6.07) is 7.56. The van der Waals surface area contributed by atoms with Crippen LogP contribution in [0.2, 0.25) is 0 Å². The Bertz CT molecular complexity index is 441. The largest absolute Gasteiger partial charge is 0.496 e. The average Bonchev–Trinajstić information content (AvgIpc) is 2.27. The van der Waals surface area contributed by atoms with Crippen molar-refractivity contribution >= 4 is 5.97 Å². The molecule has 18 heavy (non-hydrogen) atoms. The lowest BCUT2D eigenvalue weighted by Gasteiger charge is -2.20. The van der Waals surface area contributed by atoms with Crippen LogP contribution in [0.1, 0.15) is 26.3 Å². The zero-order chi connectivity index (χ0) is 13.8. The highest BCUT2D eigenvalue weighted by atomic mass is 16.6. The van der Waals surface area contributed by atoms with Crippen molar-refractivity contribution in [2.45, 2.75) is 32.8 Å². The van der Waals surface area contributed by atoms with Crippen molar-refractivity contribution in [1.29, 1.82) is 0 Å². The predicted octanol–water partition coefficient (Wildman–Crippen LogP) is 3.14. The van der Waals surface area contributed by atoms with Crippen molar-refractivity contribution in [2.75, 3.05) is 7.11 Å². The molecule has 0 unspecified atom stereocenters. The topological polar surface area (TPSA) is 35.5 Å². The second-order valence-electron chi connectivity index (χ2n) is 5.09. The molecule has 1 aromatic carbocycles. The fraction of sp³-hybridized carbons (Fsp3) is 0.400. The Labute approximate surface area is 108 Å². The van der Waals surface area contributed by atoms with Gasteiger partial charge in [-0.2, -0.15) is 0 Å².